The van der Waals surface area contributed by atoms with Crippen molar-refractivity contribution in [2.24, 2.45) is 0 Å². The number of benzene rings is 2. The third-order valence-electron chi connectivity index (χ3n) is 7.32. The number of nitrogens with zero attached hydrogens (tertiary/aromatic N) is 3. The zero-order valence-electron chi connectivity index (χ0n) is 18.5. The average Bonchev–Trinajstić information content (AvgIpc) is 3.24. The standard InChI is InChI=1S/C26H28N6O/c27-25-24(26(33)31-22-15-32-11-10-23(22)32)30-21(14-29-25)18-6-3-4-16(12-18)13-28-20-9-8-17-5-1-2-7-19(17)20/h1-7,12,14,20,22-23,28H,8-11,13,15H2,(H2,27,29)(H,31,33)/t20-,22?,23?/m0/s1. The number of anilines is 1. The van der Waals surface area contributed by atoms with Crippen molar-refractivity contribution in [3.63, 3.8) is 0 Å². The highest BCUT2D eigenvalue weighted by atomic mass is 16.2. The number of aryl methyl sites for hydroxylation is 1. The second-order valence-corrected chi connectivity index (χ2v) is 9.29. The van der Waals surface area contributed by atoms with Crippen molar-refractivity contribution in [3.8, 4) is 11.3 Å². The monoisotopic (exact) mass is 440 g/mol. The van der Waals surface area contributed by atoms with Gasteiger partial charge in [0.2, 0.25) is 0 Å². The predicted molar refractivity (Wildman–Crippen MR) is 127 cm³/mol. The highest BCUT2D eigenvalue weighted by molar-refractivity contribution is 5.97. The van der Waals surface area contributed by atoms with E-state index in [1.165, 1.54) is 16.7 Å². The first-order chi connectivity index (χ1) is 16.2. The predicted octanol–water partition coefficient (Wildman–Crippen LogP) is 2.69. The van der Waals surface area contributed by atoms with Gasteiger partial charge in [-0.25, -0.2) is 9.97 Å². The lowest BCUT2D eigenvalue weighted by molar-refractivity contribution is -0.0371. The van der Waals surface area contributed by atoms with E-state index in [0.29, 0.717) is 17.8 Å². The third kappa shape index (κ3) is 3.77. The van der Waals surface area contributed by atoms with Crippen LogP contribution in [0.15, 0.2) is 54.7 Å². The molecule has 7 heteroatoms. The number of amides is 1. The smallest absolute Gasteiger partial charge is 0.274 e. The highest BCUT2D eigenvalue weighted by Gasteiger charge is 2.45. The molecule has 2 saturated heterocycles. The van der Waals surface area contributed by atoms with Gasteiger partial charge in [0.15, 0.2) is 11.5 Å². The quantitative estimate of drug-likeness (QED) is 0.545. The van der Waals surface area contributed by atoms with Gasteiger partial charge in [-0.15, -0.1) is 0 Å². The molecule has 0 spiro atoms. The maximum Gasteiger partial charge on any atom is 0.274 e. The van der Waals surface area contributed by atoms with Crippen molar-refractivity contribution in [3.05, 3.63) is 77.1 Å². The zero-order valence-corrected chi connectivity index (χ0v) is 18.5. The van der Waals surface area contributed by atoms with Gasteiger partial charge in [0.05, 0.1) is 17.9 Å². The molecule has 0 bridgehead atoms. The molecule has 2 aliphatic heterocycles. The summed E-state index contributed by atoms with van der Waals surface area (Å²) in [5.74, 6) is -0.0742. The lowest BCUT2D eigenvalue weighted by Crippen LogP contribution is -2.73. The fourth-order valence-corrected chi connectivity index (χ4v) is 5.31. The van der Waals surface area contributed by atoms with E-state index < -0.39 is 0 Å². The van der Waals surface area contributed by atoms with Crippen LogP contribution >= 0.6 is 0 Å². The molecule has 6 rings (SSSR count). The summed E-state index contributed by atoms with van der Waals surface area (Å²) in [7, 11) is 0. The first kappa shape index (κ1) is 20.3. The van der Waals surface area contributed by atoms with Crippen molar-refractivity contribution in [1.82, 2.24) is 25.5 Å². The molecule has 4 N–H and O–H groups in total. The van der Waals surface area contributed by atoms with Crippen LogP contribution in [-0.4, -0.2) is 45.9 Å². The van der Waals surface area contributed by atoms with Crippen molar-refractivity contribution in [1.29, 1.82) is 0 Å². The maximum absolute atomic E-state index is 12.8. The lowest BCUT2D eigenvalue weighted by Gasteiger charge is -2.56. The summed E-state index contributed by atoms with van der Waals surface area (Å²) in [6.07, 6.45) is 5.03. The largest absolute Gasteiger partial charge is 0.382 e. The Hall–Kier alpha value is -3.29. The van der Waals surface area contributed by atoms with Gasteiger partial charge < -0.3 is 16.4 Å². The molecule has 168 valence electrons. The molecule has 3 heterocycles. The van der Waals surface area contributed by atoms with Crippen LogP contribution in [0.25, 0.3) is 11.3 Å². The first-order valence-electron chi connectivity index (χ1n) is 11.7. The Morgan fingerprint density at radius 1 is 1.15 bits per heavy atom. The van der Waals surface area contributed by atoms with Gasteiger partial charge in [0.25, 0.3) is 5.91 Å². The Kier molecular flexibility index (Phi) is 5.08. The summed E-state index contributed by atoms with van der Waals surface area (Å²) < 4.78 is 0. The van der Waals surface area contributed by atoms with Gasteiger partial charge in [0, 0.05) is 37.3 Å². The zero-order chi connectivity index (χ0) is 22.4. The van der Waals surface area contributed by atoms with Crippen LogP contribution in [0.2, 0.25) is 0 Å². The van der Waals surface area contributed by atoms with Gasteiger partial charge in [-0.05, 0) is 42.0 Å². The van der Waals surface area contributed by atoms with E-state index in [2.05, 4.69) is 61.9 Å². The molecule has 3 atom stereocenters. The fraction of sp³-hybridized carbons (Fsp3) is 0.346. The van der Waals surface area contributed by atoms with Crippen LogP contribution < -0.4 is 16.4 Å². The Balaban J connectivity index is 1.16. The Labute approximate surface area is 193 Å². The fourth-order valence-electron chi connectivity index (χ4n) is 5.31. The maximum atomic E-state index is 12.8. The van der Waals surface area contributed by atoms with Gasteiger partial charge >= 0.3 is 0 Å². The van der Waals surface area contributed by atoms with Gasteiger partial charge in [-0.1, -0.05) is 42.5 Å². The van der Waals surface area contributed by atoms with Crippen LogP contribution in [0, 0.1) is 0 Å². The normalized spacial score (nSPS) is 23.2. The average molecular weight is 441 g/mol. The van der Waals surface area contributed by atoms with E-state index >= 15 is 0 Å². The minimum Gasteiger partial charge on any atom is -0.382 e. The second-order valence-electron chi connectivity index (χ2n) is 9.29. The van der Waals surface area contributed by atoms with E-state index in [-0.39, 0.29) is 23.5 Å². The summed E-state index contributed by atoms with van der Waals surface area (Å²) in [6.45, 7) is 2.80. The van der Waals surface area contributed by atoms with Crippen molar-refractivity contribution in [2.75, 3.05) is 18.8 Å². The SMILES string of the molecule is Nc1ncc(-c2cccc(CN[C@H]3CCc4ccccc43)c2)nc1C(=O)NC1CN2CCC12. The summed E-state index contributed by atoms with van der Waals surface area (Å²) >= 11 is 0. The molecular weight excluding hydrogens is 412 g/mol. The number of carbonyl (C=O) groups excluding carboxylic acids is 1. The van der Waals surface area contributed by atoms with Crippen LogP contribution in [0.1, 0.15) is 46.1 Å². The first-order valence-corrected chi connectivity index (χ1v) is 11.7. The van der Waals surface area contributed by atoms with E-state index in [0.717, 1.165) is 44.5 Å². The number of hydrogen-bond donors (Lipinski definition) is 3. The Morgan fingerprint density at radius 2 is 2.06 bits per heavy atom. The molecule has 3 aliphatic rings. The molecule has 1 aliphatic carbocycles. The van der Waals surface area contributed by atoms with E-state index in [1.54, 1.807) is 6.20 Å². The summed E-state index contributed by atoms with van der Waals surface area (Å²) in [6, 6.07) is 17.9. The molecule has 0 saturated carbocycles. The molecule has 2 unspecified atom stereocenters. The number of rotatable bonds is 6. The second kappa shape index (κ2) is 8.24. The van der Waals surface area contributed by atoms with E-state index in [9.17, 15) is 4.79 Å². The van der Waals surface area contributed by atoms with Crippen molar-refractivity contribution < 1.29 is 4.79 Å². The number of aromatic nitrogens is 2. The van der Waals surface area contributed by atoms with Crippen LogP contribution in [0.3, 0.4) is 0 Å². The molecular formula is C26H28N6O. The van der Waals surface area contributed by atoms with Crippen LogP contribution in [0.5, 0.6) is 0 Å². The molecule has 2 aromatic carbocycles. The number of nitrogen functional groups attached to an aromatic ring is 1. The third-order valence-corrected chi connectivity index (χ3v) is 7.32. The summed E-state index contributed by atoms with van der Waals surface area (Å²) in [5.41, 5.74) is 11.8. The van der Waals surface area contributed by atoms with Crippen LogP contribution in [-0.2, 0) is 13.0 Å². The molecule has 1 amide bonds. The molecule has 3 aromatic rings. The lowest BCUT2D eigenvalue weighted by atomic mass is 9.85. The van der Waals surface area contributed by atoms with Gasteiger partial charge in [0.1, 0.15) is 0 Å². The summed E-state index contributed by atoms with van der Waals surface area (Å²) in [4.78, 5) is 24.0. The number of nitrogens with two attached hydrogens (primary N) is 1. The summed E-state index contributed by atoms with van der Waals surface area (Å²) in [5, 5.41) is 6.78. The molecule has 33 heavy (non-hydrogen) atoms. The van der Waals surface area contributed by atoms with Gasteiger partial charge in [-0.2, -0.15) is 0 Å². The number of piperidine rings is 1. The minimum atomic E-state index is -0.240. The van der Waals surface area contributed by atoms with E-state index in [1.807, 2.05) is 12.1 Å². The highest BCUT2D eigenvalue weighted by Crippen LogP contribution is 2.32. The molecule has 2 fully saturated rings. The van der Waals surface area contributed by atoms with Gasteiger partial charge in [-0.3, -0.25) is 9.69 Å². The van der Waals surface area contributed by atoms with Crippen LogP contribution in [0.4, 0.5) is 5.82 Å². The number of carbonyl (C=O) groups is 1. The van der Waals surface area contributed by atoms with Crippen molar-refractivity contribution in [2.45, 2.75) is 43.9 Å². The minimum absolute atomic E-state index is 0.166. The Morgan fingerprint density at radius 3 is 2.88 bits per heavy atom. The molecule has 7 nitrogen and oxygen atoms in total. The Bertz CT molecular complexity index is 1210. The van der Waals surface area contributed by atoms with E-state index in [4.69, 9.17) is 5.73 Å². The molecule has 1 aromatic heterocycles. The number of hydrogen-bond acceptors (Lipinski definition) is 6. The number of fused-ring (bicyclic) bond motifs is 2. The van der Waals surface area contributed by atoms with Crippen molar-refractivity contribution >= 4 is 11.7 Å². The topological polar surface area (TPSA) is 96.2 Å². The number of nitrogens with one attached hydrogen (secondary N) is 2. The molecule has 0 radical (unpaired) electrons.